The van der Waals surface area contributed by atoms with Gasteiger partial charge in [0, 0.05) is 13.0 Å². The summed E-state index contributed by atoms with van der Waals surface area (Å²) in [5, 5.41) is 24.4. The number of hydrogen-bond acceptors (Lipinski definition) is 8. The number of ether oxygens (including phenoxy) is 1. The fourth-order valence-corrected chi connectivity index (χ4v) is 2.30. The number of amides is 1. The average Bonchev–Trinajstić information content (AvgIpc) is 3.05. The minimum atomic E-state index is -1.17. The van der Waals surface area contributed by atoms with E-state index in [9.17, 15) is 19.4 Å². The maximum absolute atomic E-state index is 13.6. The van der Waals surface area contributed by atoms with Crippen LogP contribution in [0.2, 0.25) is 0 Å². The number of halogens is 1. The second-order valence-corrected chi connectivity index (χ2v) is 6.32. The summed E-state index contributed by atoms with van der Waals surface area (Å²) in [5.74, 6) is -0.149. The Morgan fingerprint density at radius 1 is 1.37 bits per heavy atom. The molecule has 0 saturated carbocycles. The summed E-state index contributed by atoms with van der Waals surface area (Å²) < 4.78 is 20.4. The molecule has 10 nitrogen and oxygen atoms in total. The predicted molar refractivity (Wildman–Crippen MR) is 97.0 cm³/mol. The number of hydrogen-bond donors (Lipinski definition) is 4. The van der Waals surface area contributed by atoms with Crippen molar-refractivity contribution in [2.45, 2.75) is 39.2 Å². The molecule has 11 heteroatoms. The maximum Gasteiger partial charge on any atom is 0.233 e. The molecule has 0 fully saturated rings. The number of carbonyl (C=O) groups excluding carboxylic acids is 1. The van der Waals surface area contributed by atoms with Crippen LogP contribution in [0.15, 0.2) is 6.33 Å². The van der Waals surface area contributed by atoms with Crippen molar-refractivity contribution in [3.05, 3.63) is 6.33 Å². The normalized spacial score (nSPS) is 15.0. The van der Waals surface area contributed by atoms with Crippen molar-refractivity contribution in [1.29, 1.82) is 0 Å². The Balaban J connectivity index is 2.45. The molecule has 1 unspecified atom stereocenters. The number of fused-ring (bicyclic) bond motifs is 1. The van der Waals surface area contributed by atoms with Crippen molar-refractivity contribution < 1.29 is 24.1 Å². The third-order valence-corrected chi connectivity index (χ3v) is 3.91. The molecule has 2 aromatic rings. The molecule has 0 bridgehead atoms. The van der Waals surface area contributed by atoms with Gasteiger partial charge in [0.2, 0.25) is 11.9 Å². The molecule has 150 valence electrons. The molecule has 3 atom stereocenters. The van der Waals surface area contributed by atoms with Crippen molar-refractivity contribution >= 4 is 28.8 Å². The number of rotatable bonds is 9. The van der Waals surface area contributed by atoms with Gasteiger partial charge in [0.1, 0.15) is 12.8 Å². The lowest BCUT2D eigenvalue weighted by Gasteiger charge is -2.24. The van der Waals surface area contributed by atoms with Gasteiger partial charge in [-0.3, -0.25) is 14.7 Å². The van der Waals surface area contributed by atoms with Crippen LogP contribution in [-0.2, 0) is 9.53 Å². The van der Waals surface area contributed by atoms with Gasteiger partial charge >= 0.3 is 0 Å². The zero-order valence-corrected chi connectivity index (χ0v) is 15.7. The minimum Gasteiger partial charge on any atom is -0.394 e. The summed E-state index contributed by atoms with van der Waals surface area (Å²) in [7, 11) is 1.63. The standard InChI is InChI=1S/C16H25FN6O4/c1-8(2)15(26)22-16-20-13(18-4)12-14(21-16)23(7-19-12)11(5-17)27-10(6-24)9(3)25/h7-11,24-25H,5-6H2,1-4H3,(H2,18,20,21,22,26)/t9-,10?,11+/m0/s1. The number of nitrogens with zero attached hydrogens (tertiary/aromatic N) is 4. The monoisotopic (exact) mass is 384 g/mol. The molecule has 1 amide bonds. The van der Waals surface area contributed by atoms with Crippen LogP contribution in [0.4, 0.5) is 16.2 Å². The first-order chi connectivity index (χ1) is 12.8. The molecular formula is C16H25FN6O4. The highest BCUT2D eigenvalue weighted by Crippen LogP contribution is 2.25. The topological polar surface area (TPSA) is 134 Å². The molecule has 2 rings (SSSR count). The van der Waals surface area contributed by atoms with Crippen molar-refractivity contribution in [2.75, 3.05) is 31.0 Å². The number of alkyl halides is 1. The van der Waals surface area contributed by atoms with Gasteiger partial charge in [0.15, 0.2) is 23.2 Å². The first kappa shape index (κ1) is 20.9. The summed E-state index contributed by atoms with van der Waals surface area (Å²) in [4.78, 5) is 24.6. The maximum atomic E-state index is 13.6. The molecule has 0 aliphatic heterocycles. The quantitative estimate of drug-likeness (QED) is 0.496. The van der Waals surface area contributed by atoms with Gasteiger partial charge in [-0.15, -0.1) is 0 Å². The minimum absolute atomic E-state index is 0.0409. The third-order valence-electron chi connectivity index (χ3n) is 3.91. The number of aliphatic hydroxyl groups is 2. The van der Waals surface area contributed by atoms with E-state index in [1.807, 2.05) is 0 Å². The molecular weight excluding hydrogens is 359 g/mol. The summed E-state index contributed by atoms with van der Waals surface area (Å²) in [6.07, 6.45) is -1.82. The number of carbonyl (C=O) groups is 1. The van der Waals surface area contributed by atoms with Gasteiger partial charge in [0.25, 0.3) is 0 Å². The number of anilines is 2. The summed E-state index contributed by atoms with van der Waals surface area (Å²) in [6.45, 7) is 3.47. The van der Waals surface area contributed by atoms with E-state index >= 15 is 0 Å². The van der Waals surface area contributed by atoms with Crippen LogP contribution < -0.4 is 10.6 Å². The van der Waals surface area contributed by atoms with Gasteiger partial charge in [-0.2, -0.15) is 9.97 Å². The Kier molecular flexibility index (Phi) is 6.99. The van der Waals surface area contributed by atoms with E-state index in [0.29, 0.717) is 11.3 Å². The number of imidazole rings is 1. The molecule has 2 aromatic heterocycles. The lowest BCUT2D eigenvalue weighted by Crippen LogP contribution is -2.33. The van der Waals surface area contributed by atoms with Crippen LogP contribution in [0.3, 0.4) is 0 Å². The van der Waals surface area contributed by atoms with Crippen LogP contribution in [0.25, 0.3) is 11.2 Å². The summed E-state index contributed by atoms with van der Waals surface area (Å²) in [5.41, 5.74) is 0.595. The number of aliphatic hydroxyl groups excluding tert-OH is 2. The average molecular weight is 384 g/mol. The molecule has 4 N–H and O–H groups in total. The Morgan fingerprint density at radius 2 is 2.07 bits per heavy atom. The van der Waals surface area contributed by atoms with E-state index in [0.717, 1.165) is 0 Å². The Morgan fingerprint density at radius 3 is 2.59 bits per heavy atom. The first-order valence-corrected chi connectivity index (χ1v) is 8.55. The third kappa shape index (κ3) is 4.67. The van der Waals surface area contributed by atoms with E-state index in [1.54, 1.807) is 20.9 Å². The van der Waals surface area contributed by atoms with E-state index in [-0.39, 0.29) is 23.4 Å². The summed E-state index contributed by atoms with van der Waals surface area (Å²) >= 11 is 0. The smallest absolute Gasteiger partial charge is 0.233 e. The van der Waals surface area contributed by atoms with Crippen LogP contribution in [0.1, 0.15) is 27.0 Å². The molecule has 0 saturated heterocycles. The van der Waals surface area contributed by atoms with Gasteiger partial charge in [-0.25, -0.2) is 9.37 Å². The zero-order chi connectivity index (χ0) is 20.1. The molecule has 0 aromatic carbocycles. The van der Waals surface area contributed by atoms with Gasteiger partial charge in [-0.1, -0.05) is 13.8 Å². The van der Waals surface area contributed by atoms with Crippen molar-refractivity contribution in [3.8, 4) is 0 Å². The Bertz CT molecular complexity index is 782. The van der Waals surface area contributed by atoms with E-state index in [1.165, 1.54) is 17.8 Å². The second kappa shape index (κ2) is 9.02. The van der Waals surface area contributed by atoms with Crippen molar-refractivity contribution in [2.24, 2.45) is 5.92 Å². The van der Waals surface area contributed by atoms with E-state index in [4.69, 9.17) is 4.74 Å². The molecule has 27 heavy (non-hydrogen) atoms. The highest BCUT2D eigenvalue weighted by Gasteiger charge is 2.25. The van der Waals surface area contributed by atoms with E-state index in [2.05, 4.69) is 25.6 Å². The molecule has 0 aliphatic rings. The largest absolute Gasteiger partial charge is 0.394 e. The summed E-state index contributed by atoms with van der Waals surface area (Å²) in [6, 6.07) is 0. The predicted octanol–water partition coefficient (Wildman–Crippen LogP) is 0.689. The molecule has 0 aliphatic carbocycles. The molecule has 2 heterocycles. The molecule has 0 spiro atoms. The van der Waals surface area contributed by atoms with Crippen molar-refractivity contribution in [1.82, 2.24) is 19.5 Å². The van der Waals surface area contributed by atoms with Gasteiger partial charge in [-0.05, 0) is 6.92 Å². The fourth-order valence-electron chi connectivity index (χ4n) is 2.30. The second-order valence-electron chi connectivity index (χ2n) is 6.32. The Labute approximate surface area is 155 Å². The van der Waals surface area contributed by atoms with Gasteiger partial charge < -0.3 is 20.3 Å². The molecule has 0 radical (unpaired) electrons. The first-order valence-electron chi connectivity index (χ1n) is 8.55. The van der Waals surface area contributed by atoms with Gasteiger partial charge in [0.05, 0.1) is 19.0 Å². The SMILES string of the molecule is CNc1nc(NC(=O)C(C)C)nc2c1ncn2[C@@H](CF)OC(CO)[C@H](C)O. The van der Waals surface area contributed by atoms with E-state index < -0.39 is 31.7 Å². The highest BCUT2D eigenvalue weighted by atomic mass is 19.1. The number of nitrogens with one attached hydrogen (secondary N) is 2. The Hall–Kier alpha value is -2.37. The lowest BCUT2D eigenvalue weighted by atomic mass is 10.2. The highest BCUT2D eigenvalue weighted by molar-refractivity contribution is 5.92. The van der Waals surface area contributed by atoms with Crippen LogP contribution >= 0.6 is 0 Å². The zero-order valence-electron chi connectivity index (χ0n) is 15.7. The van der Waals surface area contributed by atoms with Crippen LogP contribution in [0.5, 0.6) is 0 Å². The lowest BCUT2D eigenvalue weighted by molar-refractivity contribution is -0.123. The van der Waals surface area contributed by atoms with Crippen molar-refractivity contribution in [3.63, 3.8) is 0 Å². The van der Waals surface area contributed by atoms with Crippen LogP contribution in [0, 0.1) is 5.92 Å². The van der Waals surface area contributed by atoms with Crippen LogP contribution in [-0.4, -0.2) is 68.2 Å². The fraction of sp³-hybridized carbons (Fsp3) is 0.625. The number of aromatic nitrogens is 4.